The van der Waals surface area contributed by atoms with Crippen LogP contribution in [-0.2, 0) is 6.54 Å². The first-order valence-corrected chi connectivity index (χ1v) is 6.18. The van der Waals surface area contributed by atoms with Crippen molar-refractivity contribution in [2.24, 2.45) is 4.99 Å². The van der Waals surface area contributed by atoms with E-state index in [0.717, 1.165) is 22.0 Å². The van der Waals surface area contributed by atoms with E-state index < -0.39 is 0 Å². The van der Waals surface area contributed by atoms with E-state index in [1.807, 2.05) is 54.6 Å². The zero-order chi connectivity index (χ0) is 13.1. The lowest BCUT2D eigenvalue weighted by atomic mass is 10.2. The molecule has 0 fully saturated rings. The van der Waals surface area contributed by atoms with E-state index in [1.165, 1.54) is 0 Å². The fraction of sp³-hybridized carbons (Fsp3) is 0.0625. The number of H-pyrrole nitrogens is 1. The maximum atomic E-state index is 9.88. The number of benzene rings is 2. The minimum Gasteiger partial charge on any atom is -0.494 e. The van der Waals surface area contributed by atoms with Gasteiger partial charge in [0, 0.05) is 17.1 Å². The van der Waals surface area contributed by atoms with Crippen LogP contribution in [0.15, 0.2) is 59.6 Å². The van der Waals surface area contributed by atoms with Gasteiger partial charge in [-0.25, -0.2) is 0 Å². The summed E-state index contributed by atoms with van der Waals surface area (Å²) in [6, 6.07) is 17.8. The molecule has 0 unspecified atom stereocenters. The summed E-state index contributed by atoms with van der Waals surface area (Å²) in [6.45, 7) is 0.611. The SMILES string of the molecule is Oc1[nH]c2ccccc2c1C=NCc1ccccc1. The number of rotatable bonds is 3. The normalized spacial score (nSPS) is 11.4. The van der Waals surface area contributed by atoms with E-state index in [-0.39, 0.29) is 5.88 Å². The maximum Gasteiger partial charge on any atom is 0.198 e. The Labute approximate surface area is 111 Å². The van der Waals surface area contributed by atoms with E-state index in [4.69, 9.17) is 0 Å². The highest BCUT2D eigenvalue weighted by atomic mass is 16.3. The smallest absolute Gasteiger partial charge is 0.198 e. The minimum absolute atomic E-state index is 0.165. The monoisotopic (exact) mass is 250 g/mol. The molecule has 3 heteroatoms. The Hall–Kier alpha value is -2.55. The van der Waals surface area contributed by atoms with E-state index in [0.29, 0.717) is 6.54 Å². The molecule has 94 valence electrons. The topological polar surface area (TPSA) is 48.4 Å². The Morgan fingerprint density at radius 1 is 1.00 bits per heavy atom. The summed E-state index contributed by atoms with van der Waals surface area (Å²) in [4.78, 5) is 7.33. The number of aliphatic imine (C=N–C) groups is 1. The number of aromatic amines is 1. The molecule has 0 radical (unpaired) electrons. The molecule has 0 aliphatic heterocycles. The highest BCUT2D eigenvalue weighted by Crippen LogP contribution is 2.25. The number of para-hydroxylation sites is 1. The van der Waals surface area contributed by atoms with Crippen LogP contribution in [-0.4, -0.2) is 16.3 Å². The lowest BCUT2D eigenvalue weighted by Gasteiger charge is -1.95. The maximum absolute atomic E-state index is 9.88. The van der Waals surface area contributed by atoms with Crippen molar-refractivity contribution in [1.82, 2.24) is 4.98 Å². The van der Waals surface area contributed by atoms with Crippen LogP contribution < -0.4 is 0 Å². The van der Waals surface area contributed by atoms with E-state index in [9.17, 15) is 5.11 Å². The molecular weight excluding hydrogens is 236 g/mol. The van der Waals surface area contributed by atoms with Crippen LogP contribution in [0, 0.1) is 0 Å². The number of aromatic nitrogens is 1. The largest absolute Gasteiger partial charge is 0.494 e. The third-order valence-corrected chi connectivity index (χ3v) is 3.06. The van der Waals surface area contributed by atoms with E-state index in [2.05, 4.69) is 9.98 Å². The molecule has 0 amide bonds. The first kappa shape index (κ1) is 11.5. The van der Waals surface area contributed by atoms with Crippen molar-refractivity contribution in [1.29, 1.82) is 0 Å². The van der Waals surface area contributed by atoms with Gasteiger partial charge in [0.05, 0.1) is 12.1 Å². The molecule has 0 atom stereocenters. The van der Waals surface area contributed by atoms with Gasteiger partial charge >= 0.3 is 0 Å². The van der Waals surface area contributed by atoms with Crippen LogP contribution in [0.5, 0.6) is 5.88 Å². The van der Waals surface area contributed by atoms with Gasteiger partial charge in [-0.15, -0.1) is 0 Å². The van der Waals surface area contributed by atoms with Crippen LogP contribution in [0.2, 0.25) is 0 Å². The molecule has 3 rings (SSSR count). The summed E-state index contributed by atoms with van der Waals surface area (Å²) in [5.41, 5.74) is 2.81. The van der Waals surface area contributed by atoms with Gasteiger partial charge < -0.3 is 10.1 Å². The van der Waals surface area contributed by atoms with Crippen molar-refractivity contribution in [2.75, 3.05) is 0 Å². The predicted octanol–water partition coefficient (Wildman–Crippen LogP) is 3.49. The van der Waals surface area contributed by atoms with Crippen molar-refractivity contribution >= 4 is 17.1 Å². The number of nitrogens with one attached hydrogen (secondary N) is 1. The molecule has 1 aromatic heterocycles. The average Bonchev–Trinajstić information content (AvgIpc) is 2.76. The molecule has 3 aromatic rings. The Bertz CT molecular complexity index is 714. The highest BCUT2D eigenvalue weighted by molar-refractivity contribution is 6.01. The Balaban J connectivity index is 1.87. The number of fused-ring (bicyclic) bond motifs is 1. The van der Waals surface area contributed by atoms with Crippen LogP contribution in [0.4, 0.5) is 0 Å². The molecule has 0 spiro atoms. The molecule has 1 heterocycles. The minimum atomic E-state index is 0.165. The Morgan fingerprint density at radius 3 is 2.58 bits per heavy atom. The molecule has 0 bridgehead atoms. The van der Waals surface area contributed by atoms with E-state index >= 15 is 0 Å². The second-order valence-corrected chi connectivity index (χ2v) is 4.39. The lowest BCUT2D eigenvalue weighted by molar-refractivity contribution is 0.457. The molecule has 0 aliphatic rings. The lowest BCUT2D eigenvalue weighted by Crippen LogP contribution is -1.83. The first-order chi connectivity index (χ1) is 9.34. The van der Waals surface area contributed by atoms with Crippen LogP contribution in [0.1, 0.15) is 11.1 Å². The number of hydrogen-bond acceptors (Lipinski definition) is 2. The first-order valence-electron chi connectivity index (χ1n) is 6.18. The second-order valence-electron chi connectivity index (χ2n) is 4.39. The molecule has 3 nitrogen and oxygen atoms in total. The molecule has 0 aliphatic carbocycles. The zero-order valence-corrected chi connectivity index (χ0v) is 10.4. The van der Waals surface area contributed by atoms with Crippen molar-refractivity contribution in [3.63, 3.8) is 0 Å². The summed E-state index contributed by atoms with van der Waals surface area (Å²) in [5, 5.41) is 10.9. The van der Waals surface area contributed by atoms with Crippen molar-refractivity contribution in [3.8, 4) is 5.88 Å². The number of nitrogens with zero attached hydrogens (tertiary/aromatic N) is 1. The van der Waals surface area contributed by atoms with E-state index in [1.54, 1.807) is 6.21 Å². The van der Waals surface area contributed by atoms with Crippen LogP contribution in [0.3, 0.4) is 0 Å². The number of hydrogen-bond donors (Lipinski definition) is 2. The molecule has 0 saturated heterocycles. The van der Waals surface area contributed by atoms with Gasteiger partial charge in [0.2, 0.25) is 0 Å². The third-order valence-electron chi connectivity index (χ3n) is 3.06. The van der Waals surface area contributed by atoms with Crippen LogP contribution in [0.25, 0.3) is 10.9 Å². The van der Waals surface area contributed by atoms with Gasteiger partial charge in [0.15, 0.2) is 5.88 Å². The summed E-state index contributed by atoms with van der Waals surface area (Å²) in [6.07, 6.45) is 1.72. The quantitative estimate of drug-likeness (QED) is 0.687. The standard InChI is InChI=1S/C16H14N2O/c19-16-14(13-8-4-5-9-15(13)18-16)11-17-10-12-6-2-1-3-7-12/h1-9,11,18-19H,10H2. The predicted molar refractivity (Wildman–Crippen MR) is 77.7 cm³/mol. The summed E-state index contributed by atoms with van der Waals surface area (Å²) in [7, 11) is 0. The molecule has 2 aromatic carbocycles. The molecule has 0 saturated carbocycles. The van der Waals surface area contributed by atoms with Crippen molar-refractivity contribution in [2.45, 2.75) is 6.54 Å². The van der Waals surface area contributed by atoms with Gasteiger partial charge in [-0.3, -0.25) is 4.99 Å². The van der Waals surface area contributed by atoms with Crippen molar-refractivity contribution < 1.29 is 5.11 Å². The van der Waals surface area contributed by atoms with Gasteiger partial charge in [0.25, 0.3) is 0 Å². The number of aromatic hydroxyl groups is 1. The molecular formula is C16H14N2O. The van der Waals surface area contributed by atoms with Crippen molar-refractivity contribution in [3.05, 3.63) is 65.7 Å². The van der Waals surface area contributed by atoms with Gasteiger partial charge in [-0.2, -0.15) is 0 Å². The Kier molecular flexibility index (Phi) is 3.02. The van der Waals surface area contributed by atoms with Gasteiger partial charge in [-0.05, 0) is 11.6 Å². The fourth-order valence-corrected chi connectivity index (χ4v) is 2.11. The van der Waals surface area contributed by atoms with Gasteiger partial charge in [0.1, 0.15) is 0 Å². The van der Waals surface area contributed by atoms with Crippen LogP contribution >= 0.6 is 0 Å². The summed E-state index contributed by atoms with van der Waals surface area (Å²) < 4.78 is 0. The molecule has 2 N–H and O–H groups in total. The molecule has 19 heavy (non-hydrogen) atoms. The van der Waals surface area contributed by atoms with Gasteiger partial charge in [-0.1, -0.05) is 48.5 Å². The average molecular weight is 250 g/mol. The summed E-state index contributed by atoms with van der Waals surface area (Å²) in [5.74, 6) is 0.165. The fourth-order valence-electron chi connectivity index (χ4n) is 2.11. The summed E-state index contributed by atoms with van der Waals surface area (Å²) >= 11 is 0. The Morgan fingerprint density at radius 2 is 1.74 bits per heavy atom. The third kappa shape index (κ3) is 2.36. The highest BCUT2D eigenvalue weighted by Gasteiger charge is 2.07. The second kappa shape index (κ2) is 4.98. The zero-order valence-electron chi connectivity index (χ0n) is 10.4.